The minimum absolute atomic E-state index is 0.156. The molecule has 0 aliphatic rings. The van der Waals surface area contributed by atoms with E-state index in [0.29, 0.717) is 5.75 Å². The number of benzene rings is 2. The molecule has 0 saturated carbocycles. The number of ether oxygens (including phenoxy) is 1. The first kappa shape index (κ1) is 14.1. The monoisotopic (exact) mass is 273 g/mol. The molecule has 0 saturated heterocycles. The number of anilines is 1. The summed E-state index contributed by atoms with van der Waals surface area (Å²) in [4.78, 5) is 11.7. The summed E-state index contributed by atoms with van der Waals surface area (Å²) in [6.45, 7) is 3.60. The fourth-order valence-corrected chi connectivity index (χ4v) is 1.69. The Labute approximate surface area is 117 Å². The highest BCUT2D eigenvalue weighted by Gasteiger charge is 2.07. The van der Waals surface area contributed by atoms with Crippen molar-refractivity contribution in [1.29, 1.82) is 0 Å². The minimum Gasteiger partial charge on any atom is -0.484 e. The molecule has 0 aliphatic carbocycles. The van der Waals surface area contributed by atoms with E-state index in [9.17, 15) is 9.18 Å². The number of rotatable bonds is 4. The first-order valence-corrected chi connectivity index (χ1v) is 6.30. The van der Waals surface area contributed by atoms with Crippen molar-refractivity contribution in [3.8, 4) is 5.75 Å². The largest absolute Gasteiger partial charge is 0.484 e. The molecular formula is C16H16FNO2. The zero-order valence-electron chi connectivity index (χ0n) is 11.4. The zero-order chi connectivity index (χ0) is 14.5. The SMILES string of the molecule is Cc1ccc(OCC(=O)Nc2ccc(C)cc2F)cc1. The lowest BCUT2D eigenvalue weighted by Gasteiger charge is -2.08. The third kappa shape index (κ3) is 3.82. The summed E-state index contributed by atoms with van der Waals surface area (Å²) in [5.74, 6) is -0.239. The van der Waals surface area contributed by atoms with E-state index in [1.165, 1.54) is 12.1 Å². The normalized spacial score (nSPS) is 10.2. The van der Waals surface area contributed by atoms with Gasteiger partial charge in [0.25, 0.3) is 5.91 Å². The van der Waals surface area contributed by atoms with Gasteiger partial charge in [0.05, 0.1) is 5.69 Å². The number of nitrogens with one attached hydrogen (secondary N) is 1. The molecule has 1 N–H and O–H groups in total. The molecule has 2 aromatic carbocycles. The van der Waals surface area contributed by atoms with Gasteiger partial charge in [0.1, 0.15) is 11.6 Å². The van der Waals surface area contributed by atoms with Gasteiger partial charge < -0.3 is 10.1 Å². The molecule has 0 aliphatic heterocycles. The van der Waals surface area contributed by atoms with Gasteiger partial charge in [-0.15, -0.1) is 0 Å². The fraction of sp³-hybridized carbons (Fsp3) is 0.188. The molecule has 104 valence electrons. The number of hydrogen-bond acceptors (Lipinski definition) is 2. The van der Waals surface area contributed by atoms with Crippen molar-refractivity contribution in [3.05, 3.63) is 59.4 Å². The van der Waals surface area contributed by atoms with Gasteiger partial charge in [-0.1, -0.05) is 23.8 Å². The van der Waals surface area contributed by atoms with E-state index >= 15 is 0 Å². The number of carbonyl (C=O) groups is 1. The number of amides is 1. The van der Waals surface area contributed by atoms with E-state index in [0.717, 1.165) is 11.1 Å². The molecule has 0 atom stereocenters. The Hall–Kier alpha value is -2.36. The predicted octanol–water partition coefficient (Wildman–Crippen LogP) is 3.46. The summed E-state index contributed by atoms with van der Waals surface area (Å²) >= 11 is 0. The van der Waals surface area contributed by atoms with Crippen LogP contribution in [0, 0.1) is 19.7 Å². The van der Waals surface area contributed by atoms with Crippen LogP contribution in [0.2, 0.25) is 0 Å². The van der Waals surface area contributed by atoms with Crippen LogP contribution in [-0.2, 0) is 4.79 Å². The topological polar surface area (TPSA) is 38.3 Å². The molecule has 0 aromatic heterocycles. The lowest BCUT2D eigenvalue weighted by molar-refractivity contribution is -0.118. The highest BCUT2D eigenvalue weighted by Crippen LogP contribution is 2.15. The maximum absolute atomic E-state index is 13.6. The predicted molar refractivity (Wildman–Crippen MR) is 76.4 cm³/mol. The lowest BCUT2D eigenvalue weighted by atomic mass is 10.2. The molecular weight excluding hydrogens is 257 g/mol. The summed E-state index contributed by atoms with van der Waals surface area (Å²) in [7, 11) is 0. The molecule has 1 amide bonds. The second kappa shape index (κ2) is 6.19. The molecule has 4 heteroatoms. The highest BCUT2D eigenvalue weighted by molar-refractivity contribution is 5.92. The van der Waals surface area contributed by atoms with Crippen molar-refractivity contribution in [2.24, 2.45) is 0 Å². The van der Waals surface area contributed by atoms with Crippen molar-refractivity contribution in [1.82, 2.24) is 0 Å². The third-order valence-corrected chi connectivity index (χ3v) is 2.79. The van der Waals surface area contributed by atoms with E-state index in [4.69, 9.17) is 4.74 Å². The third-order valence-electron chi connectivity index (χ3n) is 2.79. The maximum Gasteiger partial charge on any atom is 0.262 e. The first-order chi connectivity index (χ1) is 9.54. The molecule has 0 radical (unpaired) electrons. The Morgan fingerprint density at radius 3 is 2.40 bits per heavy atom. The molecule has 0 unspecified atom stereocenters. The minimum atomic E-state index is -0.450. The quantitative estimate of drug-likeness (QED) is 0.926. The van der Waals surface area contributed by atoms with Crippen molar-refractivity contribution in [2.75, 3.05) is 11.9 Å². The zero-order valence-corrected chi connectivity index (χ0v) is 11.4. The average molecular weight is 273 g/mol. The molecule has 20 heavy (non-hydrogen) atoms. The van der Waals surface area contributed by atoms with Gasteiger partial charge in [-0.05, 0) is 43.7 Å². The van der Waals surface area contributed by atoms with Gasteiger partial charge in [-0.25, -0.2) is 4.39 Å². The number of aryl methyl sites for hydroxylation is 2. The standard InChI is InChI=1S/C16H16FNO2/c1-11-3-6-13(7-4-11)20-10-16(19)18-15-8-5-12(2)9-14(15)17/h3-9H,10H2,1-2H3,(H,18,19). The van der Waals surface area contributed by atoms with Crippen molar-refractivity contribution in [2.45, 2.75) is 13.8 Å². The molecule has 2 aromatic rings. The lowest BCUT2D eigenvalue weighted by Crippen LogP contribution is -2.20. The Kier molecular flexibility index (Phi) is 4.35. The second-order valence-electron chi connectivity index (χ2n) is 4.63. The molecule has 0 heterocycles. The molecule has 0 fully saturated rings. The van der Waals surface area contributed by atoms with E-state index in [1.54, 1.807) is 25.1 Å². The van der Waals surface area contributed by atoms with Crippen LogP contribution in [0.3, 0.4) is 0 Å². The number of hydrogen-bond donors (Lipinski definition) is 1. The Bertz CT molecular complexity index is 608. The molecule has 0 bridgehead atoms. The van der Waals surface area contributed by atoms with E-state index in [-0.39, 0.29) is 12.3 Å². The Morgan fingerprint density at radius 2 is 1.75 bits per heavy atom. The van der Waals surface area contributed by atoms with Crippen LogP contribution in [0.5, 0.6) is 5.75 Å². The number of halogens is 1. The smallest absolute Gasteiger partial charge is 0.262 e. The van der Waals surface area contributed by atoms with Gasteiger partial charge in [0.15, 0.2) is 6.61 Å². The van der Waals surface area contributed by atoms with Crippen LogP contribution in [0.25, 0.3) is 0 Å². The van der Waals surface area contributed by atoms with Gasteiger partial charge in [0, 0.05) is 0 Å². The van der Waals surface area contributed by atoms with Gasteiger partial charge >= 0.3 is 0 Å². The number of carbonyl (C=O) groups excluding carboxylic acids is 1. The van der Waals surface area contributed by atoms with Crippen molar-refractivity contribution in [3.63, 3.8) is 0 Å². The van der Waals surface area contributed by atoms with E-state index in [1.807, 2.05) is 19.1 Å². The molecule has 2 rings (SSSR count). The van der Waals surface area contributed by atoms with Crippen molar-refractivity contribution >= 4 is 11.6 Å². The molecule has 3 nitrogen and oxygen atoms in total. The van der Waals surface area contributed by atoms with Crippen LogP contribution < -0.4 is 10.1 Å². The van der Waals surface area contributed by atoms with Gasteiger partial charge in [0.2, 0.25) is 0 Å². The maximum atomic E-state index is 13.6. The van der Waals surface area contributed by atoms with E-state index < -0.39 is 11.7 Å². The summed E-state index contributed by atoms with van der Waals surface area (Å²) in [6, 6.07) is 12.0. The van der Waals surface area contributed by atoms with Gasteiger partial charge in [-0.2, -0.15) is 0 Å². The highest BCUT2D eigenvalue weighted by atomic mass is 19.1. The summed E-state index contributed by atoms with van der Waals surface area (Å²) < 4.78 is 18.9. The average Bonchev–Trinajstić information content (AvgIpc) is 2.41. The molecule has 0 spiro atoms. The van der Waals surface area contributed by atoms with Crippen LogP contribution in [0.4, 0.5) is 10.1 Å². The van der Waals surface area contributed by atoms with E-state index in [2.05, 4.69) is 5.32 Å². The Morgan fingerprint density at radius 1 is 1.10 bits per heavy atom. The van der Waals surface area contributed by atoms with Crippen LogP contribution >= 0.6 is 0 Å². The Balaban J connectivity index is 1.90. The van der Waals surface area contributed by atoms with Crippen LogP contribution in [0.1, 0.15) is 11.1 Å². The first-order valence-electron chi connectivity index (χ1n) is 6.30. The van der Waals surface area contributed by atoms with Crippen molar-refractivity contribution < 1.29 is 13.9 Å². The summed E-state index contributed by atoms with van der Waals surface area (Å²) in [5.41, 5.74) is 2.08. The summed E-state index contributed by atoms with van der Waals surface area (Å²) in [6.07, 6.45) is 0. The van der Waals surface area contributed by atoms with Crippen LogP contribution in [0.15, 0.2) is 42.5 Å². The van der Waals surface area contributed by atoms with Gasteiger partial charge in [-0.3, -0.25) is 4.79 Å². The summed E-state index contributed by atoms with van der Waals surface area (Å²) in [5, 5.41) is 2.48. The second-order valence-corrected chi connectivity index (χ2v) is 4.63. The fourth-order valence-electron chi connectivity index (χ4n) is 1.69. The van der Waals surface area contributed by atoms with Crippen LogP contribution in [-0.4, -0.2) is 12.5 Å².